The zero-order chi connectivity index (χ0) is 49.5. The summed E-state index contributed by atoms with van der Waals surface area (Å²) < 4.78 is 35.5. The van der Waals surface area contributed by atoms with Gasteiger partial charge in [0, 0.05) is 10.8 Å². The van der Waals surface area contributed by atoms with Crippen molar-refractivity contribution in [2.75, 3.05) is 19.8 Å². The summed E-state index contributed by atoms with van der Waals surface area (Å²) in [7, 11) is 0. The largest absolute Gasteiger partial charge is 0.394 e. The highest BCUT2D eigenvalue weighted by Crippen LogP contribution is 2.75. The third kappa shape index (κ3) is 9.24. The Bertz CT molecular complexity index is 1710. The number of hydrogen-bond acceptors (Lipinski definition) is 19. The van der Waals surface area contributed by atoms with Gasteiger partial charge in [0.05, 0.1) is 43.7 Å². The molecule has 0 aromatic heterocycles. The highest BCUT2D eigenvalue weighted by atomic mass is 16.8. The summed E-state index contributed by atoms with van der Waals surface area (Å²) in [6.45, 7) is 14.4. The summed E-state index contributed by atoms with van der Waals surface area (Å²) in [6.07, 6.45) is -19.2. The summed E-state index contributed by atoms with van der Waals surface area (Å²) in [5, 5.41) is 141. The van der Waals surface area contributed by atoms with E-state index in [1.165, 1.54) is 5.57 Å². The fourth-order valence-electron chi connectivity index (χ4n) is 14.1. The molecule has 3 saturated carbocycles. The van der Waals surface area contributed by atoms with Crippen LogP contribution in [0.4, 0.5) is 0 Å². The van der Waals surface area contributed by atoms with Gasteiger partial charge in [0.1, 0.15) is 73.2 Å². The van der Waals surface area contributed by atoms with Crippen LogP contribution in [-0.2, 0) is 28.4 Å². The highest BCUT2D eigenvalue weighted by Gasteiger charge is 2.70. The highest BCUT2D eigenvalue weighted by molar-refractivity contribution is 5.31. The molecule has 4 unspecified atom stereocenters. The second-order valence-electron chi connectivity index (χ2n) is 23.1. The van der Waals surface area contributed by atoms with E-state index in [0.29, 0.717) is 19.3 Å². The van der Waals surface area contributed by atoms with Crippen molar-refractivity contribution < 1.29 is 94.8 Å². The lowest BCUT2D eigenvalue weighted by atomic mass is 9.38. The van der Waals surface area contributed by atoms with Crippen molar-refractivity contribution in [3.05, 3.63) is 11.6 Å². The monoisotopic (exact) mass is 963 g/mol. The quantitative estimate of drug-likeness (QED) is 0.0924. The molecule has 7 rings (SSSR count). The Labute approximate surface area is 393 Å². The van der Waals surface area contributed by atoms with E-state index in [4.69, 9.17) is 28.4 Å². The van der Waals surface area contributed by atoms with Crippen molar-refractivity contribution in [3.63, 3.8) is 0 Å². The lowest BCUT2D eigenvalue weighted by molar-refractivity contribution is -0.380. The van der Waals surface area contributed by atoms with Gasteiger partial charge in [0.2, 0.25) is 0 Å². The van der Waals surface area contributed by atoms with E-state index in [2.05, 4.69) is 47.6 Å². The summed E-state index contributed by atoms with van der Waals surface area (Å²) in [6, 6.07) is 0. The van der Waals surface area contributed by atoms with Crippen LogP contribution in [0, 0.1) is 45.3 Å². The molecule has 25 atom stereocenters. The van der Waals surface area contributed by atoms with Crippen molar-refractivity contribution in [1.82, 2.24) is 0 Å². The van der Waals surface area contributed by atoms with Crippen LogP contribution in [0.25, 0.3) is 0 Å². The predicted molar refractivity (Wildman–Crippen MR) is 235 cm³/mol. The first-order valence-corrected chi connectivity index (χ1v) is 24.5. The van der Waals surface area contributed by atoms with Gasteiger partial charge in [-0.15, -0.1) is 0 Å². The maximum atomic E-state index is 12.4. The van der Waals surface area contributed by atoms with Crippen LogP contribution in [0.1, 0.15) is 107 Å². The number of ether oxygens (including phenoxy) is 6. The van der Waals surface area contributed by atoms with Crippen LogP contribution < -0.4 is 0 Å². The third-order valence-corrected chi connectivity index (χ3v) is 18.7. The smallest absolute Gasteiger partial charge is 0.187 e. The minimum atomic E-state index is -1.90. The van der Waals surface area contributed by atoms with Crippen molar-refractivity contribution in [1.29, 1.82) is 0 Å². The molecule has 13 N–H and O–H groups in total. The molecular weight excluding hydrogens is 881 g/mol. The van der Waals surface area contributed by atoms with Crippen LogP contribution in [0.5, 0.6) is 0 Å². The Hall–Kier alpha value is -1.02. The molecule has 388 valence electrons. The molecule has 0 radical (unpaired) electrons. The molecule has 0 aromatic carbocycles. The Morgan fingerprint density at radius 1 is 0.672 bits per heavy atom. The zero-order valence-electron chi connectivity index (χ0n) is 40.3. The molecule has 4 aliphatic carbocycles. The molecular formula is C48H82O19. The van der Waals surface area contributed by atoms with Gasteiger partial charge in [-0.1, -0.05) is 53.2 Å². The molecule has 67 heavy (non-hydrogen) atoms. The van der Waals surface area contributed by atoms with Crippen LogP contribution >= 0.6 is 0 Å². The molecule has 3 saturated heterocycles. The van der Waals surface area contributed by atoms with E-state index in [1.54, 1.807) is 13.8 Å². The first-order valence-electron chi connectivity index (χ1n) is 24.5. The Morgan fingerprint density at radius 2 is 1.24 bits per heavy atom. The lowest BCUT2D eigenvalue weighted by Crippen LogP contribution is -2.65. The molecule has 3 heterocycles. The topological polar surface area (TPSA) is 318 Å². The van der Waals surface area contributed by atoms with E-state index in [1.807, 2.05) is 0 Å². The molecule has 0 bridgehead atoms. The minimum Gasteiger partial charge on any atom is -0.394 e. The third-order valence-electron chi connectivity index (χ3n) is 18.7. The fourth-order valence-corrected chi connectivity index (χ4v) is 14.1. The van der Waals surface area contributed by atoms with Crippen molar-refractivity contribution in [2.24, 2.45) is 45.3 Å². The molecule has 6 fully saturated rings. The van der Waals surface area contributed by atoms with E-state index in [-0.39, 0.29) is 51.8 Å². The number of aliphatic hydroxyl groups excluding tert-OH is 12. The van der Waals surface area contributed by atoms with Gasteiger partial charge in [-0.25, -0.2) is 0 Å². The summed E-state index contributed by atoms with van der Waals surface area (Å²) >= 11 is 0. The standard InChI is InChI=1S/C48H82O19/c1-21(22-15-16-46(6)28-12-10-23-24(11-13-29(51)44(23,2)3)48(28,8)30(52)17-47(22,46)7)9-14-31(45(4,5)61)66-43-40(67-42-39(60)36(57)33(54)26(19-50)64-42)37(58)34(55)27(65-43)20-62-41-38(59)35(56)32(53)25(18-49)63-41/h10,21-22,24-43,49-61H,9,11-20H2,1-8H3/t21-,22?,24?,25-,26+,27-,28?,29+,30-,31-,32-,33+,34-,35+,36-,37+,38-,39+,40-,41-,42?,43+,46+,47-,48+/m1/s1. The average Bonchev–Trinajstić information content (AvgIpc) is 3.54. The van der Waals surface area contributed by atoms with E-state index >= 15 is 0 Å². The first kappa shape index (κ1) is 53.8. The van der Waals surface area contributed by atoms with Crippen molar-refractivity contribution >= 4 is 0 Å². The number of fused-ring (bicyclic) bond motifs is 5. The van der Waals surface area contributed by atoms with Crippen LogP contribution in [-0.4, -0.2) is 202 Å². The van der Waals surface area contributed by atoms with Gasteiger partial charge >= 0.3 is 0 Å². The maximum absolute atomic E-state index is 12.4. The second kappa shape index (κ2) is 19.8. The normalized spacial score (nSPS) is 51.0. The summed E-state index contributed by atoms with van der Waals surface area (Å²) in [5.41, 5.74) is -1.32. The Balaban J connectivity index is 1.10. The van der Waals surface area contributed by atoms with E-state index < -0.39 is 136 Å². The maximum Gasteiger partial charge on any atom is 0.187 e. The summed E-state index contributed by atoms with van der Waals surface area (Å²) in [5.74, 6) is 0.678. The average molecular weight is 963 g/mol. The molecule has 0 amide bonds. The SMILES string of the molecule is C[C@H](CC[C@@H](O[C@@H]1O[C@H](CO[C@@H]2O[C@H](CO)[C@@H](O)[C@H](O)[C@H]2O)[C@@H](O)[C@H](O)[C@H]1OC1O[C@@H](CO)[C@H](O)[C@@H](O)[C@@H]1O)C(C)(C)O)C1CC[C@@]2(C)C3CC=C4C(CC[C@H](O)C4(C)C)[C@]3(C)[C@H](O)C[C@]12C. The van der Waals surface area contributed by atoms with E-state index in [9.17, 15) is 66.4 Å². The number of hydrogen-bond donors (Lipinski definition) is 13. The van der Waals surface area contributed by atoms with E-state index in [0.717, 1.165) is 25.7 Å². The lowest BCUT2D eigenvalue weighted by Gasteiger charge is -2.67. The molecule has 3 aliphatic heterocycles. The fraction of sp³-hybridized carbons (Fsp3) is 0.958. The van der Waals surface area contributed by atoms with Gasteiger partial charge < -0.3 is 94.8 Å². The number of aliphatic hydroxyl groups is 13. The second-order valence-corrected chi connectivity index (χ2v) is 23.1. The van der Waals surface area contributed by atoms with Crippen LogP contribution in [0.3, 0.4) is 0 Å². The van der Waals surface area contributed by atoms with Crippen molar-refractivity contribution in [2.45, 2.75) is 223 Å². The van der Waals surface area contributed by atoms with Crippen LogP contribution in [0.2, 0.25) is 0 Å². The number of allylic oxidation sites excluding steroid dienone is 1. The first-order chi connectivity index (χ1) is 31.2. The molecule has 0 aromatic rings. The molecule has 7 aliphatic rings. The molecule has 0 spiro atoms. The van der Waals surface area contributed by atoms with Gasteiger partial charge in [-0.05, 0) is 99.7 Å². The zero-order valence-corrected chi connectivity index (χ0v) is 40.3. The summed E-state index contributed by atoms with van der Waals surface area (Å²) in [4.78, 5) is 0. The van der Waals surface area contributed by atoms with Gasteiger partial charge in [0.25, 0.3) is 0 Å². The van der Waals surface area contributed by atoms with Gasteiger partial charge in [-0.2, -0.15) is 0 Å². The molecule has 19 heteroatoms. The molecule has 19 nitrogen and oxygen atoms in total. The minimum absolute atomic E-state index is 0.0795. The van der Waals surface area contributed by atoms with Crippen LogP contribution in [0.15, 0.2) is 11.6 Å². The van der Waals surface area contributed by atoms with Gasteiger partial charge in [-0.3, -0.25) is 0 Å². The Morgan fingerprint density at radius 3 is 1.84 bits per heavy atom. The predicted octanol–water partition coefficient (Wildman–Crippen LogP) is -1.06. The van der Waals surface area contributed by atoms with Crippen molar-refractivity contribution in [3.8, 4) is 0 Å². The Kier molecular flexibility index (Phi) is 15.9. The van der Waals surface area contributed by atoms with Gasteiger partial charge in [0.15, 0.2) is 18.9 Å². The number of rotatable bonds is 14.